The summed E-state index contributed by atoms with van der Waals surface area (Å²) in [5, 5.41) is 0.825. The maximum Gasteiger partial charge on any atom is 0.156 e. The van der Waals surface area contributed by atoms with Crippen LogP contribution < -0.4 is 5.73 Å². The smallest absolute Gasteiger partial charge is 0.156 e. The van der Waals surface area contributed by atoms with Crippen LogP contribution in [0, 0.1) is 13.8 Å². The highest BCUT2D eigenvalue weighted by Crippen LogP contribution is 2.33. The van der Waals surface area contributed by atoms with E-state index in [1.165, 1.54) is 16.6 Å². The zero-order chi connectivity index (χ0) is 10.8. The second kappa shape index (κ2) is 4.20. The lowest BCUT2D eigenvalue weighted by Gasteiger charge is -1.99. The van der Waals surface area contributed by atoms with E-state index in [1.807, 2.05) is 19.1 Å². The van der Waals surface area contributed by atoms with Gasteiger partial charge in [-0.1, -0.05) is 0 Å². The maximum atomic E-state index is 5.81. The molecule has 0 aromatic carbocycles. The highest BCUT2D eigenvalue weighted by molar-refractivity contribution is 8.01. The summed E-state index contributed by atoms with van der Waals surface area (Å²) in [6.07, 6.45) is 1.74. The number of nitrogens with two attached hydrogens (primary N) is 1. The Bertz CT molecular complexity index is 460. The van der Waals surface area contributed by atoms with E-state index in [1.54, 1.807) is 17.5 Å². The maximum absolute atomic E-state index is 5.81. The van der Waals surface area contributed by atoms with Crippen LogP contribution in [-0.4, -0.2) is 9.97 Å². The van der Waals surface area contributed by atoms with E-state index in [9.17, 15) is 0 Å². The molecule has 0 spiro atoms. The fourth-order valence-corrected chi connectivity index (χ4v) is 3.12. The Hall–Kier alpha value is -1.07. The van der Waals surface area contributed by atoms with Gasteiger partial charge >= 0.3 is 0 Å². The molecule has 0 aliphatic carbocycles. The highest BCUT2D eigenvalue weighted by Gasteiger charge is 2.08. The lowest BCUT2D eigenvalue weighted by atomic mass is 10.4. The molecule has 0 radical (unpaired) electrons. The first kappa shape index (κ1) is 10.4. The molecule has 2 heterocycles. The van der Waals surface area contributed by atoms with E-state index in [-0.39, 0.29) is 0 Å². The zero-order valence-corrected chi connectivity index (χ0v) is 10.2. The molecule has 0 aliphatic heterocycles. The molecule has 0 unspecified atom stereocenters. The third kappa shape index (κ3) is 2.30. The number of pyridine rings is 1. The van der Waals surface area contributed by atoms with E-state index >= 15 is 0 Å². The van der Waals surface area contributed by atoms with Gasteiger partial charge in [0.15, 0.2) is 4.34 Å². The first-order valence-electron chi connectivity index (χ1n) is 4.49. The molecule has 3 nitrogen and oxygen atoms in total. The predicted octanol–water partition coefficient (Wildman–Crippen LogP) is 2.89. The summed E-state index contributed by atoms with van der Waals surface area (Å²) in [7, 11) is 0. The Kier molecular flexibility index (Phi) is 2.93. The van der Waals surface area contributed by atoms with Gasteiger partial charge in [0.2, 0.25) is 0 Å². The number of anilines is 1. The minimum absolute atomic E-state index is 0.702. The quantitative estimate of drug-likeness (QED) is 0.872. The summed E-state index contributed by atoms with van der Waals surface area (Å²) in [5.74, 6) is 0. The average molecular weight is 237 g/mol. The van der Waals surface area contributed by atoms with Gasteiger partial charge in [-0.05, 0) is 37.7 Å². The number of rotatable bonds is 2. The predicted molar refractivity (Wildman–Crippen MR) is 64.4 cm³/mol. The van der Waals surface area contributed by atoms with Crippen molar-refractivity contribution in [2.45, 2.75) is 23.2 Å². The SMILES string of the molecule is Cc1nc(Sc2ncccc2N)sc1C. The summed E-state index contributed by atoms with van der Waals surface area (Å²) in [6.45, 7) is 4.08. The van der Waals surface area contributed by atoms with Crippen molar-refractivity contribution < 1.29 is 0 Å². The summed E-state index contributed by atoms with van der Waals surface area (Å²) in [6, 6.07) is 3.68. The molecule has 0 saturated carbocycles. The molecule has 0 aliphatic rings. The molecule has 0 bridgehead atoms. The molecular formula is C10H11N3S2. The Balaban J connectivity index is 2.26. The van der Waals surface area contributed by atoms with Crippen molar-refractivity contribution in [3.8, 4) is 0 Å². The standard InChI is InChI=1S/C10H11N3S2/c1-6-7(2)14-10(13-6)15-9-8(11)4-3-5-12-9/h3-5H,11H2,1-2H3. The molecule has 2 N–H and O–H groups in total. The van der Waals surface area contributed by atoms with Crippen molar-refractivity contribution in [2.75, 3.05) is 5.73 Å². The van der Waals surface area contributed by atoms with Gasteiger partial charge in [-0.25, -0.2) is 9.97 Å². The van der Waals surface area contributed by atoms with E-state index in [0.29, 0.717) is 5.69 Å². The minimum Gasteiger partial charge on any atom is -0.397 e. The summed E-state index contributed by atoms with van der Waals surface area (Å²) >= 11 is 3.19. The van der Waals surface area contributed by atoms with Crippen molar-refractivity contribution in [2.24, 2.45) is 0 Å². The first-order valence-corrected chi connectivity index (χ1v) is 6.12. The first-order chi connectivity index (χ1) is 7.16. The molecule has 2 aromatic rings. The summed E-state index contributed by atoms with van der Waals surface area (Å²) < 4.78 is 0.996. The van der Waals surface area contributed by atoms with Crippen LogP contribution in [-0.2, 0) is 0 Å². The molecule has 2 rings (SSSR count). The highest BCUT2D eigenvalue weighted by atomic mass is 32.2. The van der Waals surface area contributed by atoms with Crippen LogP contribution >= 0.6 is 23.1 Å². The number of nitrogens with zero attached hydrogens (tertiary/aromatic N) is 2. The lowest BCUT2D eigenvalue weighted by Crippen LogP contribution is -1.90. The van der Waals surface area contributed by atoms with Crippen LogP contribution in [0.1, 0.15) is 10.6 Å². The zero-order valence-electron chi connectivity index (χ0n) is 8.52. The molecule has 0 fully saturated rings. The van der Waals surface area contributed by atoms with Gasteiger partial charge in [0.25, 0.3) is 0 Å². The Morgan fingerprint density at radius 1 is 1.40 bits per heavy atom. The molecule has 0 saturated heterocycles. The van der Waals surface area contributed by atoms with Crippen molar-refractivity contribution >= 4 is 28.8 Å². The fraction of sp³-hybridized carbons (Fsp3) is 0.200. The lowest BCUT2D eigenvalue weighted by molar-refractivity contribution is 1.11. The van der Waals surface area contributed by atoms with Crippen LogP contribution in [0.15, 0.2) is 27.7 Å². The van der Waals surface area contributed by atoms with Gasteiger partial charge in [0.1, 0.15) is 5.03 Å². The number of aromatic nitrogens is 2. The Morgan fingerprint density at radius 3 is 2.80 bits per heavy atom. The number of thiazole rings is 1. The van der Waals surface area contributed by atoms with Crippen molar-refractivity contribution in [1.82, 2.24) is 9.97 Å². The second-order valence-corrected chi connectivity index (χ2v) is 5.56. The van der Waals surface area contributed by atoms with E-state index < -0.39 is 0 Å². The van der Waals surface area contributed by atoms with Crippen LogP contribution in [0.2, 0.25) is 0 Å². The molecule has 2 aromatic heterocycles. The molecular weight excluding hydrogens is 226 g/mol. The van der Waals surface area contributed by atoms with Crippen LogP contribution in [0.25, 0.3) is 0 Å². The largest absolute Gasteiger partial charge is 0.397 e. The fourth-order valence-electron chi connectivity index (χ4n) is 1.06. The molecule has 0 atom stereocenters. The van der Waals surface area contributed by atoms with E-state index in [2.05, 4.69) is 16.9 Å². The van der Waals surface area contributed by atoms with E-state index in [4.69, 9.17) is 5.73 Å². The van der Waals surface area contributed by atoms with Gasteiger partial charge in [0, 0.05) is 11.1 Å². The van der Waals surface area contributed by atoms with Crippen molar-refractivity contribution in [3.63, 3.8) is 0 Å². The minimum atomic E-state index is 0.702. The van der Waals surface area contributed by atoms with Crippen LogP contribution in [0.3, 0.4) is 0 Å². The number of nitrogen functional groups attached to an aromatic ring is 1. The topological polar surface area (TPSA) is 51.8 Å². The van der Waals surface area contributed by atoms with E-state index in [0.717, 1.165) is 15.1 Å². The average Bonchev–Trinajstić information content (AvgIpc) is 2.50. The van der Waals surface area contributed by atoms with Gasteiger partial charge in [-0.2, -0.15) is 0 Å². The van der Waals surface area contributed by atoms with Crippen LogP contribution in [0.5, 0.6) is 0 Å². The molecule has 5 heteroatoms. The van der Waals surface area contributed by atoms with Crippen molar-refractivity contribution in [1.29, 1.82) is 0 Å². The van der Waals surface area contributed by atoms with Crippen LogP contribution in [0.4, 0.5) is 5.69 Å². The second-order valence-electron chi connectivity index (χ2n) is 3.12. The normalized spacial score (nSPS) is 10.5. The third-order valence-electron chi connectivity index (χ3n) is 1.99. The van der Waals surface area contributed by atoms with Gasteiger partial charge < -0.3 is 5.73 Å². The number of hydrogen-bond acceptors (Lipinski definition) is 5. The molecule has 15 heavy (non-hydrogen) atoms. The Labute approximate surface area is 96.8 Å². The summed E-state index contributed by atoms with van der Waals surface area (Å²) in [5.41, 5.74) is 7.59. The van der Waals surface area contributed by atoms with Gasteiger partial charge in [-0.15, -0.1) is 11.3 Å². The molecule has 78 valence electrons. The number of aryl methyl sites for hydroxylation is 2. The Morgan fingerprint density at radius 2 is 2.20 bits per heavy atom. The van der Waals surface area contributed by atoms with Gasteiger partial charge in [0.05, 0.1) is 11.4 Å². The van der Waals surface area contributed by atoms with Crippen molar-refractivity contribution in [3.05, 3.63) is 28.9 Å². The third-order valence-corrected chi connectivity index (χ3v) is 4.16. The summed E-state index contributed by atoms with van der Waals surface area (Å²) in [4.78, 5) is 9.89. The van der Waals surface area contributed by atoms with Gasteiger partial charge in [-0.3, -0.25) is 0 Å². The monoisotopic (exact) mass is 237 g/mol. The molecule has 0 amide bonds. The number of hydrogen-bond donors (Lipinski definition) is 1.